The number of amides is 1. The maximum Gasteiger partial charge on any atom is 0.255 e. The van der Waals surface area contributed by atoms with Crippen molar-refractivity contribution in [3.05, 3.63) is 59.7 Å². The van der Waals surface area contributed by atoms with E-state index < -0.39 is 15.9 Å². The van der Waals surface area contributed by atoms with Gasteiger partial charge in [0.05, 0.1) is 4.90 Å². The van der Waals surface area contributed by atoms with Crippen LogP contribution in [0.15, 0.2) is 53.4 Å². The van der Waals surface area contributed by atoms with Crippen LogP contribution in [0.25, 0.3) is 0 Å². The lowest BCUT2D eigenvalue weighted by molar-refractivity contribution is 0.101. The predicted octanol–water partition coefficient (Wildman–Crippen LogP) is 3.81. The SMILES string of the molecule is CC(=O)c1cccc(NC(=O)c2cccc(S(=O)(=O)N3CC(C)CC(C)C3)c2)c1. The molecule has 1 fully saturated rings. The summed E-state index contributed by atoms with van der Waals surface area (Å²) in [5.41, 5.74) is 1.22. The molecular formula is C22H26N2O4S. The Kier molecular flexibility index (Phi) is 6.19. The van der Waals surface area contributed by atoms with Gasteiger partial charge >= 0.3 is 0 Å². The molecule has 2 unspecified atom stereocenters. The lowest BCUT2D eigenvalue weighted by atomic mass is 9.94. The number of Topliss-reactive ketones (excluding diaryl/α,β-unsaturated/α-hetero) is 1. The smallest absolute Gasteiger partial charge is 0.255 e. The van der Waals surface area contributed by atoms with Crippen LogP contribution in [0.5, 0.6) is 0 Å². The van der Waals surface area contributed by atoms with E-state index >= 15 is 0 Å². The van der Waals surface area contributed by atoms with E-state index in [4.69, 9.17) is 0 Å². The molecule has 0 aromatic heterocycles. The highest BCUT2D eigenvalue weighted by Crippen LogP contribution is 2.27. The minimum absolute atomic E-state index is 0.0980. The van der Waals surface area contributed by atoms with E-state index in [0.29, 0.717) is 36.2 Å². The van der Waals surface area contributed by atoms with Crippen molar-refractivity contribution in [3.8, 4) is 0 Å². The van der Waals surface area contributed by atoms with Crippen LogP contribution in [0.4, 0.5) is 5.69 Å². The zero-order valence-electron chi connectivity index (χ0n) is 16.9. The third-order valence-electron chi connectivity index (χ3n) is 5.10. The second-order valence-corrected chi connectivity index (χ2v) is 9.82. The van der Waals surface area contributed by atoms with Crippen LogP contribution < -0.4 is 5.32 Å². The molecule has 29 heavy (non-hydrogen) atoms. The summed E-state index contributed by atoms with van der Waals surface area (Å²) in [5, 5.41) is 2.73. The van der Waals surface area contributed by atoms with Gasteiger partial charge in [-0.3, -0.25) is 9.59 Å². The molecule has 2 aromatic carbocycles. The standard InChI is InChI=1S/C22H26N2O4S/c1-15-10-16(2)14-24(13-15)29(27,28)21-9-5-7-19(12-21)22(26)23-20-8-4-6-18(11-20)17(3)25/h4-9,11-12,15-16H,10,13-14H2,1-3H3,(H,23,26). The number of carbonyl (C=O) groups is 2. The van der Waals surface area contributed by atoms with E-state index in [1.165, 1.54) is 23.4 Å². The highest BCUT2D eigenvalue weighted by atomic mass is 32.2. The number of sulfonamides is 1. The molecule has 1 saturated heterocycles. The zero-order chi connectivity index (χ0) is 21.2. The number of hydrogen-bond acceptors (Lipinski definition) is 4. The third-order valence-corrected chi connectivity index (χ3v) is 6.92. The molecular weight excluding hydrogens is 388 g/mol. The van der Waals surface area contributed by atoms with Crippen molar-refractivity contribution in [1.29, 1.82) is 0 Å². The summed E-state index contributed by atoms with van der Waals surface area (Å²) in [6.45, 7) is 6.54. The van der Waals surface area contributed by atoms with Gasteiger partial charge in [-0.2, -0.15) is 4.31 Å². The normalized spacial score (nSPS) is 20.2. The van der Waals surface area contributed by atoms with Crippen LogP contribution in [0.1, 0.15) is 47.9 Å². The van der Waals surface area contributed by atoms with Gasteiger partial charge in [0.15, 0.2) is 5.78 Å². The van der Waals surface area contributed by atoms with Crippen LogP contribution in [0.3, 0.4) is 0 Å². The van der Waals surface area contributed by atoms with Crippen LogP contribution in [-0.4, -0.2) is 37.5 Å². The van der Waals surface area contributed by atoms with Crippen LogP contribution >= 0.6 is 0 Å². The Morgan fingerprint density at radius 1 is 0.966 bits per heavy atom. The molecule has 0 bridgehead atoms. The molecule has 2 atom stereocenters. The van der Waals surface area contributed by atoms with Gasteiger partial charge in [-0.1, -0.05) is 32.0 Å². The van der Waals surface area contributed by atoms with Gasteiger partial charge in [0.1, 0.15) is 0 Å². The zero-order valence-corrected chi connectivity index (χ0v) is 17.7. The molecule has 3 rings (SSSR count). The van der Waals surface area contributed by atoms with Crippen molar-refractivity contribution in [3.63, 3.8) is 0 Å². The molecule has 0 radical (unpaired) electrons. The van der Waals surface area contributed by atoms with E-state index in [0.717, 1.165) is 6.42 Å². The van der Waals surface area contributed by atoms with E-state index in [1.807, 2.05) is 0 Å². The summed E-state index contributed by atoms with van der Waals surface area (Å²) in [5.74, 6) is 0.0735. The summed E-state index contributed by atoms with van der Waals surface area (Å²) in [4.78, 5) is 24.3. The topological polar surface area (TPSA) is 83.5 Å². The minimum Gasteiger partial charge on any atom is -0.322 e. The Balaban J connectivity index is 1.82. The predicted molar refractivity (Wildman–Crippen MR) is 113 cm³/mol. The van der Waals surface area contributed by atoms with Gasteiger partial charge < -0.3 is 5.32 Å². The van der Waals surface area contributed by atoms with Crippen molar-refractivity contribution in [2.24, 2.45) is 11.8 Å². The summed E-state index contributed by atoms with van der Waals surface area (Å²) < 4.78 is 27.7. The molecule has 2 aromatic rings. The Morgan fingerprint density at radius 3 is 2.24 bits per heavy atom. The fourth-order valence-electron chi connectivity index (χ4n) is 3.77. The summed E-state index contributed by atoms with van der Waals surface area (Å²) >= 11 is 0. The molecule has 1 N–H and O–H groups in total. The fraction of sp³-hybridized carbons (Fsp3) is 0.364. The maximum absolute atomic E-state index is 13.1. The second-order valence-electron chi connectivity index (χ2n) is 7.89. The molecule has 0 aliphatic carbocycles. The molecule has 0 spiro atoms. The Morgan fingerprint density at radius 2 is 1.59 bits per heavy atom. The monoisotopic (exact) mass is 414 g/mol. The molecule has 1 amide bonds. The number of ketones is 1. The van der Waals surface area contributed by atoms with E-state index in [2.05, 4.69) is 19.2 Å². The Hall–Kier alpha value is -2.51. The largest absolute Gasteiger partial charge is 0.322 e. The van der Waals surface area contributed by atoms with Gasteiger partial charge in [0.25, 0.3) is 5.91 Å². The van der Waals surface area contributed by atoms with E-state index in [1.54, 1.807) is 36.4 Å². The minimum atomic E-state index is -3.67. The van der Waals surface area contributed by atoms with Crippen molar-refractivity contribution in [2.45, 2.75) is 32.1 Å². The number of hydrogen-bond donors (Lipinski definition) is 1. The number of nitrogens with zero attached hydrogens (tertiary/aromatic N) is 1. The molecule has 0 saturated carbocycles. The van der Waals surface area contributed by atoms with Gasteiger partial charge in [0, 0.05) is 29.9 Å². The number of benzene rings is 2. The third kappa shape index (κ3) is 4.92. The van der Waals surface area contributed by atoms with Crippen molar-refractivity contribution in [1.82, 2.24) is 4.31 Å². The first-order valence-corrected chi connectivity index (χ1v) is 11.1. The number of carbonyl (C=O) groups excluding carboxylic acids is 2. The highest BCUT2D eigenvalue weighted by molar-refractivity contribution is 7.89. The molecule has 1 aliphatic rings. The van der Waals surface area contributed by atoms with Gasteiger partial charge in [-0.15, -0.1) is 0 Å². The fourth-order valence-corrected chi connectivity index (χ4v) is 5.49. The second kappa shape index (κ2) is 8.47. The van der Waals surface area contributed by atoms with Crippen molar-refractivity contribution >= 4 is 27.4 Å². The van der Waals surface area contributed by atoms with Gasteiger partial charge in [-0.25, -0.2) is 8.42 Å². The first kappa shape index (κ1) is 21.2. The average Bonchev–Trinajstić information content (AvgIpc) is 2.67. The lowest BCUT2D eigenvalue weighted by Crippen LogP contribution is -2.42. The number of anilines is 1. The van der Waals surface area contributed by atoms with Crippen LogP contribution in [0, 0.1) is 11.8 Å². The molecule has 7 heteroatoms. The number of rotatable bonds is 5. The number of nitrogens with one attached hydrogen (secondary N) is 1. The molecule has 6 nitrogen and oxygen atoms in total. The Bertz CT molecular complexity index is 1020. The van der Waals surface area contributed by atoms with Gasteiger partial charge in [-0.05, 0) is 55.5 Å². The molecule has 1 aliphatic heterocycles. The summed E-state index contributed by atoms with van der Waals surface area (Å²) in [6, 6.07) is 12.7. The highest BCUT2D eigenvalue weighted by Gasteiger charge is 2.31. The Labute approximate surface area is 172 Å². The van der Waals surface area contributed by atoms with Crippen LogP contribution in [0.2, 0.25) is 0 Å². The van der Waals surface area contributed by atoms with Crippen LogP contribution in [-0.2, 0) is 10.0 Å². The first-order chi connectivity index (χ1) is 13.7. The van der Waals surface area contributed by atoms with Crippen molar-refractivity contribution in [2.75, 3.05) is 18.4 Å². The maximum atomic E-state index is 13.1. The van der Waals surface area contributed by atoms with Crippen molar-refractivity contribution < 1.29 is 18.0 Å². The average molecular weight is 415 g/mol. The van der Waals surface area contributed by atoms with E-state index in [9.17, 15) is 18.0 Å². The summed E-state index contributed by atoms with van der Waals surface area (Å²) in [6.07, 6.45) is 1.01. The molecule has 1 heterocycles. The summed E-state index contributed by atoms with van der Waals surface area (Å²) in [7, 11) is -3.67. The lowest BCUT2D eigenvalue weighted by Gasteiger charge is -2.34. The molecule has 154 valence electrons. The quantitative estimate of drug-likeness (QED) is 0.754. The van der Waals surface area contributed by atoms with Gasteiger partial charge in [0.2, 0.25) is 10.0 Å². The first-order valence-electron chi connectivity index (χ1n) is 9.69. The number of piperidine rings is 1. The van der Waals surface area contributed by atoms with E-state index in [-0.39, 0.29) is 16.2 Å².